The fraction of sp³-hybridized carbons (Fsp3) is 0.0909. The first-order valence-electron chi connectivity index (χ1n) is 9.08. The molecule has 3 aromatic carbocycles. The van der Waals surface area contributed by atoms with E-state index in [1.165, 1.54) is 12.1 Å². The minimum Gasteiger partial charge on any atom is -0.342 e. The topological polar surface area (TPSA) is 61.4 Å². The Bertz CT molecular complexity index is 1030. The van der Waals surface area contributed by atoms with Crippen LogP contribution in [0.4, 0.5) is 35.0 Å². The lowest BCUT2D eigenvalue weighted by Crippen LogP contribution is -2.35. The first-order chi connectivity index (χ1) is 14.4. The van der Waals surface area contributed by atoms with E-state index in [0.717, 1.165) is 29.6 Å². The number of nitrogens with zero attached hydrogens (tertiary/aromatic N) is 1. The third-order valence-corrected chi connectivity index (χ3v) is 4.31. The Kier molecular flexibility index (Phi) is 6.36. The zero-order valence-electron chi connectivity index (χ0n) is 16.0. The van der Waals surface area contributed by atoms with Gasteiger partial charge in [-0.25, -0.2) is 18.0 Å². The molecule has 8 heteroatoms. The minimum absolute atomic E-state index is 0.329. The molecule has 0 aromatic heterocycles. The van der Waals surface area contributed by atoms with Crippen LogP contribution in [0.3, 0.4) is 0 Å². The van der Waals surface area contributed by atoms with Crippen LogP contribution in [0, 0.1) is 17.5 Å². The van der Waals surface area contributed by atoms with E-state index in [1.807, 2.05) is 17.1 Å². The monoisotopic (exact) mass is 413 g/mol. The van der Waals surface area contributed by atoms with Crippen LogP contribution >= 0.6 is 0 Å². The third-order valence-electron chi connectivity index (χ3n) is 4.31. The molecular formula is C22H18F3N3O2. The average molecular weight is 413 g/mol. The third kappa shape index (κ3) is 4.78. The van der Waals surface area contributed by atoms with Crippen molar-refractivity contribution in [1.29, 1.82) is 0 Å². The summed E-state index contributed by atoms with van der Waals surface area (Å²) in [6, 6.07) is 14.8. The Morgan fingerprint density at radius 3 is 1.90 bits per heavy atom. The molecule has 3 amide bonds. The van der Waals surface area contributed by atoms with Gasteiger partial charge in [-0.3, -0.25) is 10.1 Å². The number of benzene rings is 3. The number of nitrogens with one attached hydrogen (secondary N) is 2. The molecule has 154 valence electrons. The Balaban J connectivity index is 1.67. The number of rotatable bonds is 5. The fourth-order valence-corrected chi connectivity index (χ4v) is 2.90. The highest BCUT2D eigenvalue weighted by molar-refractivity contribution is 6.08. The molecule has 2 N–H and O–H groups in total. The fourth-order valence-electron chi connectivity index (χ4n) is 2.90. The summed E-state index contributed by atoms with van der Waals surface area (Å²) in [7, 11) is 0. The molecule has 0 aliphatic carbocycles. The lowest BCUT2D eigenvalue weighted by atomic mass is 10.2. The Labute approximate surface area is 171 Å². The van der Waals surface area contributed by atoms with E-state index in [0.29, 0.717) is 12.2 Å². The molecule has 0 atom stereocenters. The maximum atomic E-state index is 13.6. The van der Waals surface area contributed by atoms with Gasteiger partial charge in [-0.1, -0.05) is 6.07 Å². The summed E-state index contributed by atoms with van der Waals surface area (Å²) >= 11 is 0. The summed E-state index contributed by atoms with van der Waals surface area (Å²) in [4.78, 5) is 25.9. The number of urea groups is 1. The van der Waals surface area contributed by atoms with Crippen molar-refractivity contribution >= 4 is 29.0 Å². The highest BCUT2D eigenvalue weighted by Gasteiger charge is 2.19. The SMILES string of the molecule is CCN(c1ccc(F)cc1)c1ccc(NC(=O)NC(=O)c2c(F)cccc2F)cc1. The minimum atomic E-state index is -1.19. The van der Waals surface area contributed by atoms with Crippen molar-refractivity contribution in [2.75, 3.05) is 16.8 Å². The largest absolute Gasteiger partial charge is 0.342 e. The predicted octanol–water partition coefficient (Wildman–Crippen LogP) is 5.22. The van der Waals surface area contributed by atoms with E-state index in [1.54, 1.807) is 36.4 Å². The van der Waals surface area contributed by atoms with E-state index in [9.17, 15) is 22.8 Å². The second-order valence-corrected chi connectivity index (χ2v) is 6.27. The number of carbonyl (C=O) groups is 2. The molecule has 0 bridgehead atoms. The molecule has 0 saturated heterocycles. The summed E-state index contributed by atoms with van der Waals surface area (Å²) in [6.45, 7) is 2.57. The van der Waals surface area contributed by atoms with Crippen molar-refractivity contribution in [2.45, 2.75) is 6.92 Å². The smallest absolute Gasteiger partial charge is 0.326 e. The summed E-state index contributed by atoms with van der Waals surface area (Å²) in [6.07, 6.45) is 0. The summed E-state index contributed by atoms with van der Waals surface area (Å²) < 4.78 is 40.4. The predicted molar refractivity (Wildman–Crippen MR) is 108 cm³/mol. The van der Waals surface area contributed by atoms with Gasteiger partial charge >= 0.3 is 6.03 Å². The molecule has 0 aliphatic heterocycles. The highest BCUT2D eigenvalue weighted by Crippen LogP contribution is 2.26. The molecule has 30 heavy (non-hydrogen) atoms. The summed E-state index contributed by atoms with van der Waals surface area (Å²) in [5.74, 6) is -3.64. The van der Waals surface area contributed by atoms with Crippen LogP contribution in [0.5, 0.6) is 0 Å². The molecule has 0 spiro atoms. The Morgan fingerprint density at radius 2 is 1.37 bits per heavy atom. The quantitative estimate of drug-likeness (QED) is 0.603. The van der Waals surface area contributed by atoms with Gasteiger partial charge in [0.2, 0.25) is 0 Å². The van der Waals surface area contributed by atoms with Crippen LogP contribution in [0.2, 0.25) is 0 Å². The van der Waals surface area contributed by atoms with Crippen LogP contribution in [0.1, 0.15) is 17.3 Å². The van der Waals surface area contributed by atoms with Crippen LogP contribution in [-0.2, 0) is 0 Å². The van der Waals surface area contributed by atoms with Crippen LogP contribution < -0.4 is 15.5 Å². The second-order valence-electron chi connectivity index (χ2n) is 6.27. The molecule has 0 radical (unpaired) electrons. The van der Waals surface area contributed by atoms with E-state index < -0.39 is 29.1 Å². The number of anilines is 3. The molecule has 0 unspecified atom stereocenters. The van der Waals surface area contributed by atoms with Crippen molar-refractivity contribution < 1.29 is 22.8 Å². The Morgan fingerprint density at radius 1 is 0.833 bits per heavy atom. The molecule has 3 aromatic rings. The molecule has 5 nitrogen and oxygen atoms in total. The van der Waals surface area contributed by atoms with E-state index in [2.05, 4.69) is 5.32 Å². The standard InChI is InChI=1S/C22H18F3N3O2/c1-2-28(16-10-6-14(23)7-11-16)17-12-8-15(9-13-17)26-22(30)27-21(29)20-18(24)4-3-5-19(20)25/h3-13H,2H2,1H3,(H2,26,27,29,30). The molecule has 0 aliphatic rings. The number of carbonyl (C=O) groups excluding carboxylic acids is 2. The first-order valence-corrected chi connectivity index (χ1v) is 9.08. The maximum absolute atomic E-state index is 13.6. The van der Waals surface area contributed by atoms with Gasteiger partial charge in [0.05, 0.1) is 0 Å². The normalized spacial score (nSPS) is 10.4. The average Bonchev–Trinajstić information content (AvgIpc) is 2.71. The molecule has 0 fully saturated rings. The lowest BCUT2D eigenvalue weighted by molar-refractivity contribution is 0.0959. The number of hydrogen-bond acceptors (Lipinski definition) is 3. The first kappa shape index (κ1) is 20.9. The van der Waals surface area contributed by atoms with Gasteiger partial charge in [-0.15, -0.1) is 0 Å². The number of imide groups is 1. The van der Waals surface area contributed by atoms with Crippen molar-refractivity contribution in [1.82, 2.24) is 5.32 Å². The molecular weight excluding hydrogens is 395 g/mol. The maximum Gasteiger partial charge on any atom is 0.326 e. The van der Waals surface area contributed by atoms with Gasteiger partial charge in [-0.2, -0.15) is 0 Å². The molecule has 0 heterocycles. The van der Waals surface area contributed by atoms with Gasteiger partial charge in [0.1, 0.15) is 23.0 Å². The van der Waals surface area contributed by atoms with Gasteiger partial charge < -0.3 is 10.2 Å². The number of amides is 3. The van der Waals surface area contributed by atoms with E-state index >= 15 is 0 Å². The van der Waals surface area contributed by atoms with E-state index in [-0.39, 0.29) is 5.82 Å². The van der Waals surface area contributed by atoms with Crippen molar-refractivity contribution in [3.63, 3.8) is 0 Å². The second kappa shape index (κ2) is 9.13. The van der Waals surface area contributed by atoms with Gasteiger partial charge in [-0.05, 0) is 67.6 Å². The Hall–Kier alpha value is -3.81. The zero-order chi connectivity index (χ0) is 21.7. The van der Waals surface area contributed by atoms with Crippen LogP contribution in [0.15, 0.2) is 66.7 Å². The number of halogens is 3. The van der Waals surface area contributed by atoms with Crippen molar-refractivity contribution in [2.24, 2.45) is 0 Å². The summed E-state index contributed by atoms with van der Waals surface area (Å²) in [5, 5.41) is 4.32. The van der Waals surface area contributed by atoms with Gasteiger partial charge in [0.25, 0.3) is 5.91 Å². The van der Waals surface area contributed by atoms with Crippen molar-refractivity contribution in [3.8, 4) is 0 Å². The summed E-state index contributed by atoms with van der Waals surface area (Å²) in [5.41, 5.74) is 1.14. The molecule has 3 rings (SSSR count). The van der Waals surface area contributed by atoms with Gasteiger partial charge in [0, 0.05) is 23.6 Å². The zero-order valence-corrected chi connectivity index (χ0v) is 16.0. The van der Waals surface area contributed by atoms with Crippen molar-refractivity contribution in [3.05, 3.63) is 89.7 Å². The van der Waals surface area contributed by atoms with Crippen LogP contribution in [0.25, 0.3) is 0 Å². The molecule has 0 saturated carbocycles. The lowest BCUT2D eigenvalue weighted by Gasteiger charge is -2.23. The highest BCUT2D eigenvalue weighted by atomic mass is 19.1. The van der Waals surface area contributed by atoms with Crippen LogP contribution in [-0.4, -0.2) is 18.5 Å². The van der Waals surface area contributed by atoms with E-state index in [4.69, 9.17) is 0 Å². The van der Waals surface area contributed by atoms with Gasteiger partial charge in [0.15, 0.2) is 0 Å². The number of hydrogen-bond donors (Lipinski definition) is 2.